The number of para-hydroxylation sites is 2. The summed E-state index contributed by atoms with van der Waals surface area (Å²) < 4.78 is 6.29. The molecule has 0 aliphatic rings. The standard InChI is InChI=1S/C33H22N6.Pt/c1-21-35-22(2)39(36-21)24-11-9-10-23(18-24)37-29-14-5-3-12-25(29)27-19-28-26-13-4-6-15-30(26)38(32(28)20-31(27)37)33-16-7-8-17-34-33;/h3-17,19H,1-2H3;/q-2;+2. The Hall–Kier alpha value is -4.54. The molecule has 4 heterocycles. The fraction of sp³-hybridized carbons (Fsp3) is 0.0606. The van der Waals surface area contributed by atoms with Gasteiger partial charge in [0.1, 0.15) is 17.5 Å². The fourth-order valence-corrected chi connectivity index (χ4v) is 5.75. The third kappa shape index (κ3) is 3.56. The summed E-state index contributed by atoms with van der Waals surface area (Å²) >= 11 is 0. The van der Waals surface area contributed by atoms with Gasteiger partial charge in [0, 0.05) is 17.2 Å². The van der Waals surface area contributed by atoms with Crippen molar-refractivity contribution in [3.05, 3.63) is 121 Å². The largest absolute Gasteiger partial charge is 2.00 e. The molecule has 4 aromatic carbocycles. The van der Waals surface area contributed by atoms with Crippen molar-refractivity contribution >= 4 is 43.6 Å². The molecule has 0 unspecified atom stereocenters. The van der Waals surface area contributed by atoms with Gasteiger partial charge in [0.25, 0.3) is 0 Å². The minimum absolute atomic E-state index is 0. The molecular formula is C33H22N6Pt. The van der Waals surface area contributed by atoms with Crippen LogP contribution in [0.4, 0.5) is 0 Å². The Labute approximate surface area is 244 Å². The summed E-state index contributed by atoms with van der Waals surface area (Å²) in [6, 6.07) is 38.9. The minimum atomic E-state index is 0. The van der Waals surface area contributed by atoms with E-state index in [1.54, 1.807) is 0 Å². The van der Waals surface area contributed by atoms with Crippen LogP contribution in [0.5, 0.6) is 0 Å². The molecule has 0 saturated heterocycles. The number of pyridine rings is 1. The summed E-state index contributed by atoms with van der Waals surface area (Å²) in [5, 5.41) is 9.24. The molecular weight excluding hydrogens is 675 g/mol. The summed E-state index contributed by atoms with van der Waals surface area (Å²) in [5.74, 6) is 2.44. The molecule has 194 valence electrons. The first kappa shape index (κ1) is 24.5. The molecule has 8 aromatic rings. The summed E-state index contributed by atoms with van der Waals surface area (Å²) in [4.78, 5) is 9.18. The van der Waals surface area contributed by atoms with Crippen molar-refractivity contribution < 1.29 is 21.1 Å². The molecule has 6 nitrogen and oxygen atoms in total. The van der Waals surface area contributed by atoms with E-state index in [-0.39, 0.29) is 21.1 Å². The number of aryl methyl sites for hydroxylation is 2. The predicted molar refractivity (Wildman–Crippen MR) is 155 cm³/mol. The van der Waals surface area contributed by atoms with E-state index in [2.05, 4.69) is 92.0 Å². The van der Waals surface area contributed by atoms with Gasteiger partial charge in [-0.3, -0.25) is 0 Å². The topological polar surface area (TPSA) is 53.5 Å². The third-order valence-corrected chi connectivity index (χ3v) is 7.34. The zero-order chi connectivity index (χ0) is 26.1. The molecule has 0 fully saturated rings. The van der Waals surface area contributed by atoms with E-state index in [1.807, 2.05) is 55.1 Å². The van der Waals surface area contributed by atoms with Gasteiger partial charge in [-0.15, -0.1) is 35.0 Å². The second kappa shape index (κ2) is 9.28. The second-order valence-corrected chi connectivity index (χ2v) is 9.73. The van der Waals surface area contributed by atoms with Crippen molar-refractivity contribution in [3.63, 3.8) is 0 Å². The van der Waals surface area contributed by atoms with E-state index in [0.717, 1.165) is 61.7 Å². The van der Waals surface area contributed by atoms with E-state index < -0.39 is 0 Å². The average Bonchev–Trinajstić information content (AvgIpc) is 3.60. The van der Waals surface area contributed by atoms with E-state index in [0.29, 0.717) is 0 Å². The van der Waals surface area contributed by atoms with Crippen molar-refractivity contribution in [3.8, 4) is 17.2 Å². The number of benzene rings is 4. The van der Waals surface area contributed by atoms with E-state index >= 15 is 0 Å². The zero-order valence-electron chi connectivity index (χ0n) is 21.7. The predicted octanol–water partition coefficient (Wildman–Crippen LogP) is 7.07. The van der Waals surface area contributed by atoms with Crippen molar-refractivity contribution in [2.24, 2.45) is 0 Å². The fourth-order valence-electron chi connectivity index (χ4n) is 5.75. The van der Waals surface area contributed by atoms with Gasteiger partial charge in [-0.1, -0.05) is 59.2 Å². The quantitative estimate of drug-likeness (QED) is 0.186. The first-order valence-corrected chi connectivity index (χ1v) is 12.9. The summed E-state index contributed by atoms with van der Waals surface area (Å²) in [5.41, 5.74) is 5.96. The van der Waals surface area contributed by atoms with Gasteiger partial charge in [0.05, 0.1) is 0 Å². The molecule has 7 heteroatoms. The maximum atomic E-state index is 4.69. The molecule has 0 aliphatic heterocycles. The Balaban J connectivity index is 0.00000264. The number of hydrogen-bond donors (Lipinski definition) is 0. The molecule has 0 atom stereocenters. The number of hydrogen-bond acceptors (Lipinski definition) is 3. The second-order valence-electron chi connectivity index (χ2n) is 9.73. The number of rotatable bonds is 3. The van der Waals surface area contributed by atoms with Gasteiger partial charge < -0.3 is 9.13 Å². The molecule has 40 heavy (non-hydrogen) atoms. The van der Waals surface area contributed by atoms with Crippen LogP contribution in [-0.2, 0) is 21.1 Å². The minimum Gasteiger partial charge on any atom is -0.358 e. The van der Waals surface area contributed by atoms with Crippen LogP contribution in [0, 0.1) is 26.0 Å². The SMILES string of the molecule is Cc1nc(C)n(-c2[c-]c(-n3c4[c-]c5c(cc4c4ccccc43)c3ccccc3n5-c3ccccn3)ccc2)n1.[Pt+2]. The molecule has 0 radical (unpaired) electrons. The Kier molecular flexibility index (Phi) is 5.69. The molecule has 0 N–H and O–H groups in total. The zero-order valence-corrected chi connectivity index (χ0v) is 24.0. The Morgan fingerprint density at radius 3 is 1.95 bits per heavy atom. The molecule has 0 spiro atoms. The molecule has 0 aliphatic carbocycles. The summed E-state index contributed by atoms with van der Waals surface area (Å²) in [7, 11) is 0. The van der Waals surface area contributed by atoms with Gasteiger partial charge >= 0.3 is 21.1 Å². The van der Waals surface area contributed by atoms with Gasteiger partial charge in [0.15, 0.2) is 0 Å². The Morgan fingerprint density at radius 2 is 1.27 bits per heavy atom. The number of nitrogens with zero attached hydrogens (tertiary/aromatic N) is 6. The molecule has 8 rings (SSSR count). The Bertz CT molecular complexity index is 2200. The van der Waals surface area contributed by atoms with Gasteiger partial charge in [0.2, 0.25) is 0 Å². The van der Waals surface area contributed by atoms with Crippen molar-refractivity contribution in [1.82, 2.24) is 28.9 Å². The van der Waals surface area contributed by atoms with Crippen LogP contribution in [0.1, 0.15) is 11.6 Å². The van der Waals surface area contributed by atoms with E-state index in [9.17, 15) is 0 Å². The first-order chi connectivity index (χ1) is 19.2. The summed E-state index contributed by atoms with van der Waals surface area (Å²) in [6.45, 7) is 3.86. The first-order valence-electron chi connectivity index (χ1n) is 12.9. The smallest absolute Gasteiger partial charge is 0.358 e. The van der Waals surface area contributed by atoms with Crippen molar-refractivity contribution in [1.29, 1.82) is 0 Å². The molecule has 0 saturated carbocycles. The van der Waals surface area contributed by atoms with Crippen LogP contribution in [0.2, 0.25) is 0 Å². The Morgan fingerprint density at radius 1 is 0.625 bits per heavy atom. The average molecular weight is 698 g/mol. The maximum absolute atomic E-state index is 4.69. The normalized spacial score (nSPS) is 11.6. The van der Waals surface area contributed by atoms with Crippen LogP contribution in [0.15, 0.2) is 97.2 Å². The van der Waals surface area contributed by atoms with Gasteiger partial charge in [-0.2, -0.15) is 17.2 Å². The molecule has 0 amide bonds. The van der Waals surface area contributed by atoms with E-state index in [1.165, 1.54) is 10.8 Å². The summed E-state index contributed by atoms with van der Waals surface area (Å²) in [6.07, 6.45) is 1.83. The van der Waals surface area contributed by atoms with Crippen LogP contribution >= 0.6 is 0 Å². The van der Waals surface area contributed by atoms with Crippen LogP contribution in [-0.4, -0.2) is 28.9 Å². The third-order valence-electron chi connectivity index (χ3n) is 7.34. The van der Waals surface area contributed by atoms with Crippen LogP contribution in [0.3, 0.4) is 0 Å². The van der Waals surface area contributed by atoms with Crippen LogP contribution in [0.25, 0.3) is 60.8 Å². The number of fused-ring (bicyclic) bond motifs is 6. The number of aromatic nitrogens is 6. The van der Waals surface area contributed by atoms with Gasteiger partial charge in [-0.25, -0.2) is 14.6 Å². The monoisotopic (exact) mass is 697 g/mol. The van der Waals surface area contributed by atoms with Gasteiger partial charge in [-0.05, 0) is 54.6 Å². The van der Waals surface area contributed by atoms with Crippen molar-refractivity contribution in [2.45, 2.75) is 13.8 Å². The van der Waals surface area contributed by atoms with E-state index in [4.69, 9.17) is 4.98 Å². The molecule has 4 aromatic heterocycles. The van der Waals surface area contributed by atoms with Crippen LogP contribution < -0.4 is 0 Å². The maximum Gasteiger partial charge on any atom is 2.00 e. The van der Waals surface area contributed by atoms with Crippen molar-refractivity contribution in [2.75, 3.05) is 0 Å². The molecule has 0 bridgehead atoms.